The highest BCUT2D eigenvalue weighted by Gasteiger charge is 2.57. The Kier molecular flexibility index (Phi) is 4.45. The van der Waals surface area contributed by atoms with Gasteiger partial charge in [-0.05, 0) is 12.1 Å². The summed E-state index contributed by atoms with van der Waals surface area (Å²) in [5.41, 5.74) is 5.32. The van der Waals surface area contributed by atoms with Crippen LogP contribution in [0.3, 0.4) is 0 Å². The Morgan fingerprint density at radius 1 is 1.12 bits per heavy atom. The minimum Gasteiger partial charge on any atom is -0.369 e. The fourth-order valence-corrected chi connectivity index (χ4v) is 1.81. The number of ether oxygens (including phenoxy) is 1. The molecule has 0 fully saturated rings. The highest BCUT2D eigenvalue weighted by atomic mass is 32.1. The van der Waals surface area contributed by atoms with Gasteiger partial charge < -0.3 is 10.5 Å². The van der Waals surface area contributed by atoms with Crippen molar-refractivity contribution in [2.45, 2.75) is 25.3 Å². The van der Waals surface area contributed by atoms with Crippen LogP contribution in [0.4, 0.5) is 22.0 Å². The van der Waals surface area contributed by atoms with Crippen LogP contribution in [0.1, 0.15) is 9.75 Å². The summed E-state index contributed by atoms with van der Waals surface area (Å²) in [6.07, 6.45) is -5.58. The Hall–Kier alpha value is -0.730. The quantitative estimate of drug-likeness (QED) is 0.839. The van der Waals surface area contributed by atoms with Crippen molar-refractivity contribution in [2.75, 3.05) is 6.61 Å². The van der Waals surface area contributed by atoms with Gasteiger partial charge in [-0.15, -0.1) is 11.3 Å². The molecule has 0 aliphatic carbocycles. The number of thiophene rings is 1. The normalized spacial score (nSPS) is 13.1. The SMILES string of the molecule is NCc1ccc(COCC(F)(F)C(F)(F)F)s1. The van der Waals surface area contributed by atoms with Gasteiger partial charge in [0.25, 0.3) is 0 Å². The molecule has 98 valence electrons. The second-order valence-corrected chi connectivity index (χ2v) is 4.52. The van der Waals surface area contributed by atoms with Gasteiger partial charge in [-0.1, -0.05) is 0 Å². The molecule has 1 rings (SSSR count). The molecule has 17 heavy (non-hydrogen) atoms. The van der Waals surface area contributed by atoms with Gasteiger partial charge in [0.05, 0.1) is 6.61 Å². The van der Waals surface area contributed by atoms with Crippen LogP contribution >= 0.6 is 11.3 Å². The Labute approximate surface area is 98.2 Å². The lowest BCUT2D eigenvalue weighted by Crippen LogP contribution is -2.40. The average Bonchev–Trinajstić information content (AvgIpc) is 2.63. The number of hydrogen-bond donors (Lipinski definition) is 1. The van der Waals surface area contributed by atoms with Gasteiger partial charge in [-0.2, -0.15) is 22.0 Å². The van der Waals surface area contributed by atoms with Gasteiger partial charge in [-0.25, -0.2) is 0 Å². The van der Waals surface area contributed by atoms with Gasteiger partial charge in [0.15, 0.2) is 0 Å². The summed E-state index contributed by atoms with van der Waals surface area (Å²) in [6, 6.07) is 3.25. The molecule has 0 aliphatic heterocycles. The fourth-order valence-electron chi connectivity index (χ4n) is 0.971. The Morgan fingerprint density at radius 3 is 2.18 bits per heavy atom. The lowest BCUT2D eigenvalue weighted by molar-refractivity contribution is -0.297. The average molecular weight is 275 g/mol. The van der Waals surface area contributed by atoms with Crippen LogP contribution in [0, 0.1) is 0 Å². The van der Waals surface area contributed by atoms with E-state index in [1.165, 1.54) is 11.3 Å². The molecule has 2 nitrogen and oxygen atoms in total. The molecule has 1 aromatic rings. The van der Waals surface area contributed by atoms with Crippen molar-refractivity contribution in [3.8, 4) is 0 Å². The second kappa shape index (κ2) is 5.28. The third kappa shape index (κ3) is 3.90. The van der Waals surface area contributed by atoms with Gasteiger partial charge in [-0.3, -0.25) is 0 Å². The zero-order chi connectivity index (χ0) is 13.1. The number of halogens is 5. The molecule has 0 aromatic carbocycles. The van der Waals surface area contributed by atoms with E-state index >= 15 is 0 Å². The van der Waals surface area contributed by atoms with Crippen LogP contribution in [0.15, 0.2) is 12.1 Å². The van der Waals surface area contributed by atoms with Gasteiger partial charge in [0, 0.05) is 16.3 Å². The van der Waals surface area contributed by atoms with Crippen molar-refractivity contribution < 1.29 is 26.7 Å². The Morgan fingerprint density at radius 2 is 1.71 bits per heavy atom. The van der Waals surface area contributed by atoms with E-state index in [9.17, 15) is 22.0 Å². The molecule has 2 N–H and O–H groups in total. The molecular weight excluding hydrogens is 265 g/mol. The third-order valence-electron chi connectivity index (χ3n) is 1.86. The van der Waals surface area contributed by atoms with Gasteiger partial charge in [0.2, 0.25) is 0 Å². The third-order valence-corrected chi connectivity index (χ3v) is 2.94. The first-order valence-electron chi connectivity index (χ1n) is 4.56. The van der Waals surface area contributed by atoms with E-state index in [0.29, 0.717) is 11.4 Å². The van der Waals surface area contributed by atoms with Crippen LogP contribution < -0.4 is 5.73 Å². The van der Waals surface area contributed by atoms with Crippen molar-refractivity contribution in [1.82, 2.24) is 0 Å². The zero-order valence-corrected chi connectivity index (χ0v) is 9.38. The predicted octanol–water partition coefficient (Wildman–Crippen LogP) is 2.92. The minimum atomic E-state index is -5.58. The Bertz CT molecular complexity index is 363. The van der Waals surface area contributed by atoms with E-state index in [1.54, 1.807) is 12.1 Å². The van der Waals surface area contributed by atoms with Crippen molar-refractivity contribution in [3.63, 3.8) is 0 Å². The molecule has 0 saturated carbocycles. The standard InChI is InChI=1S/C9H10F5NOS/c10-8(11,9(12,13)14)5-16-4-7-2-1-6(3-15)17-7/h1-2H,3-5,15H2. The van der Waals surface area contributed by atoms with Crippen molar-refractivity contribution in [1.29, 1.82) is 0 Å². The molecule has 0 radical (unpaired) electrons. The maximum absolute atomic E-state index is 12.4. The van der Waals surface area contributed by atoms with Crippen molar-refractivity contribution >= 4 is 11.3 Å². The van der Waals surface area contributed by atoms with E-state index in [4.69, 9.17) is 5.73 Å². The molecule has 0 bridgehead atoms. The summed E-state index contributed by atoms with van der Waals surface area (Å²) in [5.74, 6) is -4.82. The first-order chi connectivity index (χ1) is 7.76. The number of hydrogen-bond acceptors (Lipinski definition) is 3. The fraction of sp³-hybridized carbons (Fsp3) is 0.556. The smallest absolute Gasteiger partial charge is 0.369 e. The summed E-state index contributed by atoms with van der Waals surface area (Å²) < 4.78 is 64.6. The predicted molar refractivity (Wildman–Crippen MR) is 52.9 cm³/mol. The van der Waals surface area contributed by atoms with Gasteiger partial charge in [0.1, 0.15) is 6.61 Å². The van der Waals surface area contributed by atoms with E-state index in [0.717, 1.165) is 4.88 Å². The molecule has 0 saturated heterocycles. The molecule has 0 amide bonds. The number of alkyl halides is 5. The summed E-state index contributed by atoms with van der Waals surface area (Å²) >= 11 is 1.21. The van der Waals surface area contributed by atoms with Crippen LogP contribution in [0.25, 0.3) is 0 Å². The topological polar surface area (TPSA) is 35.2 Å². The van der Waals surface area contributed by atoms with Crippen LogP contribution in [0.5, 0.6) is 0 Å². The molecule has 0 atom stereocenters. The maximum atomic E-state index is 12.4. The number of nitrogens with two attached hydrogens (primary N) is 1. The second-order valence-electron chi connectivity index (χ2n) is 3.27. The van der Waals surface area contributed by atoms with Crippen molar-refractivity contribution in [2.24, 2.45) is 5.73 Å². The molecule has 0 spiro atoms. The lowest BCUT2D eigenvalue weighted by atomic mass is 10.3. The van der Waals surface area contributed by atoms with Gasteiger partial charge >= 0.3 is 12.1 Å². The molecule has 0 aliphatic rings. The molecule has 1 heterocycles. The largest absolute Gasteiger partial charge is 0.455 e. The number of rotatable bonds is 5. The van der Waals surface area contributed by atoms with Crippen molar-refractivity contribution in [3.05, 3.63) is 21.9 Å². The highest BCUT2D eigenvalue weighted by Crippen LogP contribution is 2.35. The van der Waals surface area contributed by atoms with Crippen LogP contribution in [-0.2, 0) is 17.9 Å². The summed E-state index contributed by atoms with van der Waals surface area (Å²) in [7, 11) is 0. The maximum Gasteiger partial charge on any atom is 0.455 e. The summed E-state index contributed by atoms with van der Waals surface area (Å²) in [6.45, 7) is -1.66. The summed E-state index contributed by atoms with van der Waals surface area (Å²) in [4.78, 5) is 1.37. The molecular formula is C9H10F5NOS. The zero-order valence-electron chi connectivity index (χ0n) is 8.56. The molecule has 1 aromatic heterocycles. The molecule has 8 heteroatoms. The summed E-state index contributed by atoms with van der Waals surface area (Å²) in [5, 5.41) is 0. The first-order valence-corrected chi connectivity index (χ1v) is 5.38. The lowest BCUT2D eigenvalue weighted by Gasteiger charge is -2.18. The highest BCUT2D eigenvalue weighted by molar-refractivity contribution is 7.11. The van der Waals surface area contributed by atoms with Crippen LogP contribution in [0.2, 0.25) is 0 Å². The van der Waals surface area contributed by atoms with E-state index in [2.05, 4.69) is 4.74 Å². The van der Waals surface area contributed by atoms with E-state index in [1.807, 2.05) is 0 Å². The monoisotopic (exact) mass is 275 g/mol. The van der Waals surface area contributed by atoms with Crippen LogP contribution in [-0.4, -0.2) is 18.7 Å². The minimum absolute atomic E-state index is 0.281. The Balaban J connectivity index is 2.42. The molecule has 0 unspecified atom stereocenters. The first kappa shape index (κ1) is 14.3. The van der Waals surface area contributed by atoms with E-state index in [-0.39, 0.29) is 6.61 Å². The van der Waals surface area contributed by atoms with E-state index < -0.39 is 18.7 Å².